The quantitative estimate of drug-likeness (QED) is 0.785. The summed E-state index contributed by atoms with van der Waals surface area (Å²) >= 11 is 0. The van der Waals surface area contributed by atoms with Crippen LogP contribution in [0.25, 0.3) is 0 Å². The van der Waals surface area contributed by atoms with Crippen molar-refractivity contribution in [2.75, 3.05) is 19.0 Å². The van der Waals surface area contributed by atoms with E-state index in [0.29, 0.717) is 18.4 Å². The van der Waals surface area contributed by atoms with Gasteiger partial charge in [0.1, 0.15) is 0 Å². The molecule has 1 aromatic heterocycles. The lowest BCUT2D eigenvalue weighted by Crippen LogP contribution is -2.26. The highest BCUT2D eigenvalue weighted by Gasteiger charge is 2.11. The summed E-state index contributed by atoms with van der Waals surface area (Å²) in [6.45, 7) is 8.69. The molecule has 0 spiro atoms. The predicted octanol–water partition coefficient (Wildman–Crippen LogP) is 2.80. The Labute approximate surface area is 115 Å². The number of anilines is 1. The van der Waals surface area contributed by atoms with Crippen LogP contribution in [0, 0.1) is 6.92 Å². The third kappa shape index (κ3) is 5.87. The number of hydrogen-bond donors (Lipinski definition) is 1. The molecule has 5 heteroatoms. The molecule has 0 radical (unpaired) electrons. The molecule has 0 bridgehead atoms. The zero-order valence-electron chi connectivity index (χ0n) is 12.6. The molecule has 0 aliphatic heterocycles. The second kappa shape index (κ2) is 7.94. The maximum atomic E-state index is 5.61. The Morgan fingerprint density at radius 3 is 2.63 bits per heavy atom. The van der Waals surface area contributed by atoms with Gasteiger partial charge in [-0.15, -0.1) is 0 Å². The van der Waals surface area contributed by atoms with Crippen LogP contribution in [0.15, 0.2) is 6.07 Å². The van der Waals surface area contributed by atoms with Gasteiger partial charge in [0.2, 0.25) is 11.8 Å². The van der Waals surface area contributed by atoms with Crippen molar-refractivity contribution in [1.82, 2.24) is 9.97 Å². The minimum Gasteiger partial charge on any atom is -0.475 e. The number of aryl methyl sites for hydroxylation is 1. The first-order chi connectivity index (χ1) is 9.05. The number of ether oxygens (including phenoxy) is 2. The lowest BCUT2D eigenvalue weighted by atomic mass is 10.2. The van der Waals surface area contributed by atoms with E-state index in [1.165, 1.54) is 0 Å². The third-order valence-electron chi connectivity index (χ3n) is 2.53. The molecule has 0 saturated heterocycles. The molecule has 5 nitrogen and oxygen atoms in total. The molecule has 0 fully saturated rings. The molecule has 19 heavy (non-hydrogen) atoms. The Bertz CT molecular complexity index is 377. The second-order valence-corrected chi connectivity index (χ2v) is 4.92. The molecular formula is C14H25N3O2. The normalized spacial score (nSPS) is 12.5. The minimum atomic E-state index is 0.104. The van der Waals surface area contributed by atoms with Gasteiger partial charge in [0.15, 0.2) is 0 Å². The van der Waals surface area contributed by atoms with Gasteiger partial charge < -0.3 is 14.8 Å². The first-order valence-electron chi connectivity index (χ1n) is 6.83. The summed E-state index contributed by atoms with van der Waals surface area (Å²) in [5.41, 5.74) is 0.890. The van der Waals surface area contributed by atoms with E-state index < -0.39 is 0 Å². The van der Waals surface area contributed by atoms with Gasteiger partial charge in [0.25, 0.3) is 0 Å². The molecular weight excluding hydrogens is 242 g/mol. The Morgan fingerprint density at radius 2 is 2.05 bits per heavy atom. The molecule has 1 atom stereocenters. The Balaban J connectivity index is 2.77. The molecule has 1 N–H and O–H groups in total. The summed E-state index contributed by atoms with van der Waals surface area (Å²) in [5.74, 6) is 1.21. The zero-order valence-corrected chi connectivity index (χ0v) is 12.6. The van der Waals surface area contributed by atoms with Crippen LogP contribution in [0.3, 0.4) is 0 Å². The fraction of sp³-hybridized carbons (Fsp3) is 0.714. The highest BCUT2D eigenvalue weighted by molar-refractivity contribution is 5.31. The minimum absolute atomic E-state index is 0.104. The van der Waals surface area contributed by atoms with Crippen LogP contribution in [0.5, 0.6) is 5.88 Å². The number of methoxy groups -OCH3 is 1. The van der Waals surface area contributed by atoms with E-state index in [2.05, 4.69) is 22.2 Å². The van der Waals surface area contributed by atoms with Crippen molar-refractivity contribution in [3.05, 3.63) is 11.8 Å². The van der Waals surface area contributed by atoms with Gasteiger partial charge in [0.05, 0.1) is 18.8 Å². The Morgan fingerprint density at radius 1 is 1.32 bits per heavy atom. The van der Waals surface area contributed by atoms with E-state index in [0.717, 1.165) is 18.5 Å². The van der Waals surface area contributed by atoms with Crippen molar-refractivity contribution in [3.63, 3.8) is 0 Å². The maximum absolute atomic E-state index is 5.61. The number of nitrogens with zero attached hydrogens (tertiary/aromatic N) is 2. The molecule has 0 saturated carbocycles. The van der Waals surface area contributed by atoms with Crippen LogP contribution in [0.2, 0.25) is 0 Å². The fourth-order valence-corrected chi connectivity index (χ4v) is 1.84. The highest BCUT2D eigenvalue weighted by Crippen LogP contribution is 2.15. The Hall–Kier alpha value is -1.36. The van der Waals surface area contributed by atoms with Gasteiger partial charge in [-0.05, 0) is 27.2 Å². The maximum Gasteiger partial charge on any atom is 0.226 e. The van der Waals surface area contributed by atoms with E-state index in [9.17, 15) is 0 Å². The predicted molar refractivity (Wildman–Crippen MR) is 76.7 cm³/mol. The number of nitrogens with one attached hydrogen (secondary N) is 1. The average molecular weight is 267 g/mol. The number of rotatable bonds is 8. The average Bonchev–Trinajstić information content (AvgIpc) is 2.27. The molecule has 108 valence electrons. The van der Waals surface area contributed by atoms with E-state index >= 15 is 0 Å². The van der Waals surface area contributed by atoms with Crippen LogP contribution in [-0.2, 0) is 4.74 Å². The lowest BCUT2D eigenvalue weighted by molar-refractivity contribution is 0.182. The van der Waals surface area contributed by atoms with Gasteiger partial charge in [0, 0.05) is 18.9 Å². The molecule has 0 aliphatic carbocycles. The van der Waals surface area contributed by atoms with Gasteiger partial charge >= 0.3 is 0 Å². The van der Waals surface area contributed by atoms with Crippen molar-refractivity contribution in [2.24, 2.45) is 0 Å². The highest BCUT2D eigenvalue weighted by atomic mass is 16.5. The van der Waals surface area contributed by atoms with Gasteiger partial charge in [-0.2, -0.15) is 4.98 Å². The topological polar surface area (TPSA) is 56.3 Å². The van der Waals surface area contributed by atoms with E-state index in [4.69, 9.17) is 9.47 Å². The van der Waals surface area contributed by atoms with Crippen LogP contribution >= 0.6 is 0 Å². The smallest absolute Gasteiger partial charge is 0.226 e. The summed E-state index contributed by atoms with van der Waals surface area (Å²) in [6, 6.07) is 2.07. The van der Waals surface area contributed by atoms with Crippen molar-refractivity contribution in [3.8, 4) is 5.88 Å². The second-order valence-electron chi connectivity index (χ2n) is 4.92. The largest absolute Gasteiger partial charge is 0.475 e. The van der Waals surface area contributed by atoms with E-state index in [-0.39, 0.29) is 12.1 Å². The van der Waals surface area contributed by atoms with Crippen LogP contribution in [0.4, 0.5) is 5.95 Å². The number of aromatic nitrogens is 2. The van der Waals surface area contributed by atoms with E-state index in [1.54, 1.807) is 7.11 Å². The van der Waals surface area contributed by atoms with Crippen molar-refractivity contribution < 1.29 is 9.47 Å². The summed E-state index contributed by atoms with van der Waals surface area (Å²) < 4.78 is 10.8. The Kier molecular flexibility index (Phi) is 6.56. The number of hydrogen-bond acceptors (Lipinski definition) is 5. The summed E-state index contributed by atoms with van der Waals surface area (Å²) in [7, 11) is 1.70. The monoisotopic (exact) mass is 267 g/mol. The van der Waals surface area contributed by atoms with Gasteiger partial charge in [-0.3, -0.25) is 0 Å². The molecule has 1 rings (SSSR count). The lowest BCUT2D eigenvalue weighted by Gasteiger charge is -2.18. The van der Waals surface area contributed by atoms with E-state index in [1.807, 2.05) is 26.8 Å². The SMILES string of the molecule is CCCC(COC)Nc1nc(C)cc(OC(C)C)n1. The fourth-order valence-electron chi connectivity index (χ4n) is 1.84. The first-order valence-corrected chi connectivity index (χ1v) is 6.83. The standard InChI is InChI=1S/C14H25N3O2/c1-6-7-12(9-18-5)16-14-15-11(4)8-13(17-14)19-10(2)3/h8,10,12H,6-7,9H2,1-5H3,(H,15,16,17). The van der Waals surface area contributed by atoms with Gasteiger partial charge in [-0.1, -0.05) is 13.3 Å². The molecule has 1 unspecified atom stereocenters. The molecule has 0 aliphatic rings. The zero-order chi connectivity index (χ0) is 14.3. The third-order valence-corrected chi connectivity index (χ3v) is 2.53. The molecule has 0 amide bonds. The van der Waals surface area contributed by atoms with Gasteiger partial charge in [-0.25, -0.2) is 4.98 Å². The van der Waals surface area contributed by atoms with Crippen LogP contribution < -0.4 is 10.1 Å². The molecule has 1 heterocycles. The first kappa shape index (κ1) is 15.7. The summed E-state index contributed by atoms with van der Waals surface area (Å²) in [4.78, 5) is 8.77. The van der Waals surface area contributed by atoms with Crippen molar-refractivity contribution in [2.45, 2.75) is 52.7 Å². The summed E-state index contributed by atoms with van der Waals surface area (Å²) in [6.07, 6.45) is 2.21. The van der Waals surface area contributed by atoms with Crippen molar-refractivity contribution >= 4 is 5.95 Å². The van der Waals surface area contributed by atoms with Crippen LogP contribution in [-0.4, -0.2) is 35.8 Å². The van der Waals surface area contributed by atoms with Crippen molar-refractivity contribution in [1.29, 1.82) is 0 Å². The van der Waals surface area contributed by atoms with Crippen LogP contribution in [0.1, 0.15) is 39.3 Å². The summed E-state index contributed by atoms with van der Waals surface area (Å²) in [5, 5.41) is 3.31. The molecule has 1 aromatic rings. The molecule has 0 aromatic carbocycles.